The van der Waals surface area contributed by atoms with E-state index in [1.807, 2.05) is 16.9 Å². The molecular formula is C13H20N2O2. The van der Waals surface area contributed by atoms with Crippen molar-refractivity contribution in [3.05, 3.63) is 18.0 Å². The number of hydrogen-bond acceptors (Lipinski definition) is 3. The molecule has 94 valence electrons. The van der Waals surface area contributed by atoms with Crippen LogP contribution in [0.4, 0.5) is 0 Å². The lowest BCUT2D eigenvalue weighted by molar-refractivity contribution is -0.0398. The molecule has 2 fully saturated rings. The first-order valence-electron chi connectivity index (χ1n) is 6.69. The van der Waals surface area contributed by atoms with Crippen LogP contribution in [0.2, 0.25) is 0 Å². The van der Waals surface area contributed by atoms with Gasteiger partial charge in [0, 0.05) is 18.7 Å². The second-order valence-electron chi connectivity index (χ2n) is 5.15. The SMILES string of the molecule is O[C@@H]1CCC[C@H]1c1ccn(C2CCCCO2)n1. The third-order valence-corrected chi connectivity index (χ3v) is 3.94. The molecule has 1 saturated heterocycles. The van der Waals surface area contributed by atoms with Crippen molar-refractivity contribution in [2.75, 3.05) is 6.61 Å². The van der Waals surface area contributed by atoms with E-state index in [1.165, 1.54) is 6.42 Å². The topological polar surface area (TPSA) is 47.3 Å². The fourth-order valence-corrected chi connectivity index (χ4v) is 2.93. The minimum Gasteiger partial charge on any atom is -0.392 e. The summed E-state index contributed by atoms with van der Waals surface area (Å²) in [6, 6.07) is 2.04. The zero-order valence-electron chi connectivity index (χ0n) is 10.1. The van der Waals surface area contributed by atoms with Gasteiger partial charge in [0.25, 0.3) is 0 Å². The Kier molecular flexibility index (Phi) is 3.16. The molecule has 0 bridgehead atoms. The van der Waals surface area contributed by atoms with E-state index in [0.29, 0.717) is 0 Å². The molecule has 1 aromatic rings. The number of hydrogen-bond donors (Lipinski definition) is 1. The lowest BCUT2D eigenvalue weighted by atomic mass is 10.0. The van der Waals surface area contributed by atoms with E-state index in [-0.39, 0.29) is 18.2 Å². The van der Waals surface area contributed by atoms with Gasteiger partial charge in [-0.1, -0.05) is 6.42 Å². The summed E-state index contributed by atoms with van der Waals surface area (Å²) in [5, 5.41) is 14.5. The number of ether oxygens (including phenoxy) is 1. The van der Waals surface area contributed by atoms with Gasteiger partial charge < -0.3 is 9.84 Å². The Labute approximate surface area is 102 Å². The summed E-state index contributed by atoms with van der Waals surface area (Å²) in [6.07, 6.45) is 8.41. The van der Waals surface area contributed by atoms with Crippen LogP contribution in [0, 0.1) is 0 Å². The second-order valence-corrected chi connectivity index (χ2v) is 5.15. The van der Waals surface area contributed by atoms with Gasteiger partial charge in [-0.15, -0.1) is 0 Å². The number of nitrogens with zero attached hydrogens (tertiary/aromatic N) is 2. The fourth-order valence-electron chi connectivity index (χ4n) is 2.93. The zero-order valence-corrected chi connectivity index (χ0v) is 10.1. The first-order chi connectivity index (χ1) is 8.34. The summed E-state index contributed by atoms with van der Waals surface area (Å²) >= 11 is 0. The summed E-state index contributed by atoms with van der Waals surface area (Å²) in [6.45, 7) is 0.839. The summed E-state index contributed by atoms with van der Waals surface area (Å²) in [4.78, 5) is 0. The van der Waals surface area contributed by atoms with Crippen molar-refractivity contribution in [2.45, 2.75) is 56.8 Å². The molecule has 4 heteroatoms. The van der Waals surface area contributed by atoms with Crippen molar-refractivity contribution in [2.24, 2.45) is 0 Å². The molecule has 1 unspecified atom stereocenters. The van der Waals surface area contributed by atoms with E-state index in [9.17, 15) is 5.11 Å². The van der Waals surface area contributed by atoms with E-state index in [2.05, 4.69) is 5.10 Å². The fraction of sp³-hybridized carbons (Fsp3) is 0.769. The summed E-state index contributed by atoms with van der Waals surface area (Å²) in [5.74, 6) is 0.236. The number of aliphatic hydroxyl groups is 1. The van der Waals surface area contributed by atoms with Gasteiger partial charge in [0.15, 0.2) is 0 Å². The highest BCUT2D eigenvalue weighted by atomic mass is 16.5. The Balaban J connectivity index is 1.73. The largest absolute Gasteiger partial charge is 0.392 e. The first-order valence-corrected chi connectivity index (χ1v) is 6.69. The molecule has 1 N–H and O–H groups in total. The molecule has 1 aliphatic heterocycles. The predicted octanol–water partition coefficient (Wildman–Crippen LogP) is 2.21. The van der Waals surface area contributed by atoms with E-state index in [4.69, 9.17) is 4.74 Å². The highest BCUT2D eigenvalue weighted by molar-refractivity contribution is 5.11. The van der Waals surface area contributed by atoms with Crippen LogP contribution in [0.1, 0.15) is 56.4 Å². The van der Waals surface area contributed by atoms with Crippen LogP contribution in [0.15, 0.2) is 12.3 Å². The summed E-state index contributed by atoms with van der Waals surface area (Å²) in [5.41, 5.74) is 1.03. The molecule has 0 amide bonds. The molecule has 2 heterocycles. The van der Waals surface area contributed by atoms with Gasteiger partial charge in [0.05, 0.1) is 11.8 Å². The average molecular weight is 236 g/mol. The third-order valence-electron chi connectivity index (χ3n) is 3.94. The van der Waals surface area contributed by atoms with Crippen LogP contribution in [-0.4, -0.2) is 27.6 Å². The number of rotatable bonds is 2. The monoisotopic (exact) mass is 236 g/mol. The smallest absolute Gasteiger partial charge is 0.150 e. The average Bonchev–Trinajstić information content (AvgIpc) is 2.98. The number of aromatic nitrogens is 2. The lowest BCUT2D eigenvalue weighted by Crippen LogP contribution is -2.19. The van der Waals surface area contributed by atoms with Crippen molar-refractivity contribution in [1.29, 1.82) is 0 Å². The highest BCUT2D eigenvalue weighted by Gasteiger charge is 2.29. The van der Waals surface area contributed by atoms with E-state index in [1.54, 1.807) is 0 Å². The molecule has 1 saturated carbocycles. The molecule has 0 radical (unpaired) electrons. The Morgan fingerprint density at radius 2 is 2.18 bits per heavy atom. The van der Waals surface area contributed by atoms with Crippen LogP contribution in [-0.2, 0) is 4.74 Å². The quantitative estimate of drug-likeness (QED) is 0.856. The van der Waals surface area contributed by atoms with Gasteiger partial charge in [0.2, 0.25) is 0 Å². The van der Waals surface area contributed by atoms with Crippen molar-refractivity contribution in [3.8, 4) is 0 Å². The lowest BCUT2D eigenvalue weighted by Gasteiger charge is -2.22. The normalized spacial score (nSPS) is 34.1. The van der Waals surface area contributed by atoms with E-state index < -0.39 is 0 Å². The van der Waals surface area contributed by atoms with Crippen LogP contribution >= 0.6 is 0 Å². The summed E-state index contributed by atoms with van der Waals surface area (Å²) < 4.78 is 7.63. The molecule has 3 rings (SSSR count). The molecule has 1 aliphatic carbocycles. The molecule has 0 aromatic carbocycles. The van der Waals surface area contributed by atoms with Crippen molar-refractivity contribution in [1.82, 2.24) is 9.78 Å². The standard InChI is InChI=1S/C13H20N2O2/c16-12-5-3-4-10(12)11-7-8-15(14-11)13-6-1-2-9-17-13/h7-8,10,12-13,16H,1-6,9H2/t10-,12+,13?/m0/s1. The third kappa shape index (κ3) is 2.24. The molecular weight excluding hydrogens is 216 g/mol. The maximum atomic E-state index is 9.88. The van der Waals surface area contributed by atoms with Gasteiger partial charge in [-0.05, 0) is 38.2 Å². The van der Waals surface area contributed by atoms with Gasteiger partial charge in [-0.3, -0.25) is 0 Å². The van der Waals surface area contributed by atoms with Crippen molar-refractivity contribution >= 4 is 0 Å². The molecule has 4 nitrogen and oxygen atoms in total. The molecule has 2 aliphatic rings. The Morgan fingerprint density at radius 3 is 2.88 bits per heavy atom. The van der Waals surface area contributed by atoms with Gasteiger partial charge >= 0.3 is 0 Å². The first kappa shape index (κ1) is 11.2. The Bertz CT molecular complexity index is 371. The Morgan fingerprint density at radius 1 is 1.24 bits per heavy atom. The molecule has 17 heavy (non-hydrogen) atoms. The van der Waals surface area contributed by atoms with Gasteiger partial charge in [-0.2, -0.15) is 5.10 Å². The Hall–Kier alpha value is -0.870. The molecule has 0 spiro atoms. The molecule has 1 aromatic heterocycles. The van der Waals surface area contributed by atoms with E-state index >= 15 is 0 Å². The maximum Gasteiger partial charge on any atom is 0.150 e. The minimum atomic E-state index is -0.203. The molecule has 3 atom stereocenters. The number of aliphatic hydroxyl groups excluding tert-OH is 1. The van der Waals surface area contributed by atoms with Crippen LogP contribution in [0.5, 0.6) is 0 Å². The second kappa shape index (κ2) is 4.78. The van der Waals surface area contributed by atoms with Crippen LogP contribution < -0.4 is 0 Å². The zero-order chi connectivity index (χ0) is 11.7. The highest BCUT2D eigenvalue weighted by Crippen LogP contribution is 2.34. The maximum absolute atomic E-state index is 9.88. The summed E-state index contributed by atoms with van der Waals surface area (Å²) in [7, 11) is 0. The van der Waals surface area contributed by atoms with E-state index in [0.717, 1.165) is 44.4 Å². The van der Waals surface area contributed by atoms with Crippen molar-refractivity contribution < 1.29 is 9.84 Å². The van der Waals surface area contributed by atoms with Crippen molar-refractivity contribution in [3.63, 3.8) is 0 Å². The van der Waals surface area contributed by atoms with Crippen LogP contribution in [0.25, 0.3) is 0 Å². The van der Waals surface area contributed by atoms with Crippen LogP contribution in [0.3, 0.4) is 0 Å². The minimum absolute atomic E-state index is 0.107. The predicted molar refractivity (Wildman–Crippen MR) is 63.7 cm³/mol. The van der Waals surface area contributed by atoms with Gasteiger partial charge in [0.1, 0.15) is 6.23 Å². The van der Waals surface area contributed by atoms with Gasteiger partial charge in [-0.25, -0.2) is 4.68 Å².